The van der Waals surface area contributed by atoms with Crippen molar-refractivity contribution in [2.45, 2.75) is 0 Å². The fraction of sp³-hybridized carbons (Fsp3) is 0. The van der Waals surface area contributed by atoms with Gasteiger partial charge in [0.25, 0.3) is 0 Å². The van der Waals surface area contributed by atoms with E-state index in [9.17, 15) is 0 Å². The molecule has 0 bridgehead atoms. The summed E-state index contributed by atoms with van der Waals surface area (Å²) in [5, 5.41) is 7.42. The number of nitrogens with zero attached hydrogens (tertiary/aromatic N) is 2. The van der Waals surface area contributed by atoms with E-state index in [4.69, 9.17) is 4.98 Å². The fourth-order valence-electron chi connectivity index (χ4n) is 9.66. The standard InChI is InChI=1S/C61H38N2S/c1-3-11-39(12-4-1)50-33-51(40-13-5-2-6-14-40)35-52(34-50)45-25-23-43(24-26-45)41-19-21-42(22-20-41)44-27-29-47(30-28-44)57-38-55-54-36-48-16-7-8-17-49(48)37-58(54)64-60(55)61-62-59-53-18-10-9-15-46(53)31-32-56(59)63(57)61/h1-38H. The third-order valence-corrected chi connectivity index (χ3v) is 14.1. The average molecular weight is 831 g/mol. The molecule has 0 unspecified atom stereocenters. The molecule has 0 N–H and O–H groups in total. The van der Waals surface area contributed by atoms with Crippen LogP contribution in [0.5, 0.6) is 0 Å². The number of rotatable bonds is 6. The van der Waals surface area contributed by atoms with Crippen LogP contribution < -0.4 is 0 Å². The fourth-order valence-corrected chi connectivity index (χ4v) is 10.9. The first-order valence-corrected chi connectivity index (χ1v) is 22.7. The molecule has 0 amide bonds. The molecule has 298 valence electrons. The Morgan fingerprint density at radius 3 is 1.33 bits per heavy atom. The quantitative estimate of drug-likeness (QED) is 0.163. The third-order valence-electron chi connectivity index (χ3n) is 13.0. The zero-order valence-electron chi connectivity index (χ0n) is 34.7. The van der Waals surface area contributed by atoms with Gasteiger partial charge in [-0.05, 0) is 120 Å². The maximum Gasteiger partial charge on any atom is 0.156 e. The van der Waals surface area contributed by atoms with Crippen LogP contribution in [-0.4, -0.2) is 9.38 Å². The number of hydrogen-bond acceptors (Lipinski definition) is 2. The molecule has 13 rings (SSSR count). The van der Waals surface area contributed by atoms with E-state index in [1.54, 1.807) is 0 Å². The van der Waals surface area contributed by atoms with Crippen molar-refractivity contribution < 1.29 is 0 Å². The van der Waals surface area contributed by atoms with Crippen molar-refractivity contribution in [2.75, 3.05) is 0 Å². The highest BCUT2D eigenvalue weighted by atomic mass is 32.1. The number of benzene rings is 10. The first-order chi connectivity index (χ1) is 31.7. The topological polar surface area (TPSA) is 17.3 Å². The number of thiophene rings is 1. The molecule has 0 saturated heterocycles. The summed E-state index contributed by atoms with van der Waals surface area (Å²) in [5.74, 6) is 0. The first kappa shape index (κ1) is 36.5. The van der Waals surface area contributed by atoms with Crippen LogP contribution in [0.2, 0.25) is 0 Å². The van der Waals surface area contributed by atoms with Crippen molar-refractivity contribution >= 4 is 69.7 Å². The van der Waals surface area contributed by atoms with Crippen LogP contribution in [0, 0.1) is 0 Å². The van der Waals surface area contributed by atoms with E-state index < -0.39 is 0 Å². The lowest BCUT2D eigenvalue weighted by Gasteiger charge is -2.12. The second kappa shape index (κ2) is 14.8. The first-order valence-electron chi connectivity index (χ1n) is 21.8. The molecule has 64 heavy (non-hydrogen) atoms. The largest absolute Gasteiger partial charge is 0.291 e. The van der Waals surface area contributed by atoms with Gasteiger partial charge in [-0.3, -0.25) is 4.40 Å². The summed E-state index contributed by atoms with van der Waals surface area (Å²) < 4.78 is 4.89. The highest BCUT2D eigenvalue weighted by Gasteiger charge is 2.19. The zero-order chi connectivity index (χ0) is 42.1. The summed E-state index contributed by atoms with van der Waals surface area (Å²) in [4.78, 5) is 5.44. The van der Waals surface area contributed by atoms with Gasteiger partial charge >= 0.3 is 0 Å². The zero-order valence-corrected chi connectivity index (χ0v) is 35.6. The summed E-state index contributed by atoms with van der Waals surface area (Å²) in [6.45, 7) is 0. The Morgan fingerprint density at radius 2 is 0.766 bits per heavy atom. The van der Waals surface area contributed by atoms with E-state index in [0.717, 1.165) is 27.9 Å². The SMILES string of the molecule is c1ccc(-c2cc(-c3ccccc3)cc(-c3ccc(-c4ccc(-c5ccc(-c6cc7c8cc9ccccc9cc8sc7c7nc8c9ccccc9ccc8n67)cc5)cc4)cc3)c2)cc1. The van der Waals surface area contributed by atoms with Crippen LogP contribution in [0.4, 0.5) is 0 Å². The van der Waals surface area contributed by atoms with E-state index in [0.29, 0.717) is 0 Å². The molecule has 2 nitrogen and oxygen atoms in total. The Morgan fingerprint density at radius 1 is 0.312 bits per heavy atom. The summed E-state index contributed by atoms with van der Waals surface area (Å²) >= 11 is 1.85. The van der Waals surface area contributed by atoms with Gasteiger partial charge in [-0.25, -0.2) is 4.98 Å². The lowest BCUT2D eigenvalue weighted by Crippen LogP contribution is -1.93. The Kier molecular flexibility index (Phi) is 8.43. The number of pyridine rings is 1. The van der Waals surface area contributed by atoms with Crippen LogP contribution in [0.15, 0.2) is 231 Å². The maximum absolute atomic E-state index is 5.44. The molecule has 3 aromatic heterocycles. The number of hydrogen-bond donors (Lipinski definition) is 0. The van der Waals surface area contributed by atoms with Crippen LogP contribution >= 0.6 is 11.3 Å². The van der Waals surface area contributed by atoms with Gasteiger partial charge in [0.15, 0.2) is 5.65 Å². The molecular weight excluding hydrogens is 793 g/mol. The molecular formula is C61H38N2S. The molecule has 0 radical (unpaired) electrons. The average Bonchev–Trinajstić information content (AvgIpc) is 3.95. The summed E-state index contributed by atoms with van der Waals surface area (Å²) in [6.07, 6.45) is 0. The van der Waals surface area contributed by atoms with Crippen molar-refractivity contribution in [3.63, 3.8) is 0 Å². The predicted octanol–water partition coefficient (Wildman–Crippen LogP) is 17.2. The Labute approximate surface area is 374 Å². The Balaban J connectivity index is 0.847. The molecule has 10 aromatic carbocycles. The van der Waals surface area contributed by atoms with Gasteiger partial charge in [0.1, 0.15) is 0 Å². The van der Waals surface area contributed by atoms with Crippen LogP contribution in [-0.2, 0) is 0 Å². The maximum atomic E-state index is 5.44. The second-order valence-electron chi connectivity index (χ2n) is 16.8. The van der Waals surface area contributed by atoms with Crippen molar-refractivity contribution in [1.82, 2.24) is 9.38 Å². The monoisotopic (exact) mass is 830 g/mol. The molecule has 0 aliphatic carbocycles. The van der Waals surface area contributed by atoms with E-state index in [-0.39, 0.29) is 0 Å². The van der Waals surface area contributed by atoms with Crippen molar-refractivity contribution in [3.05, 3.63) is 231 Å². The summed E-state index contributed by atoms with van der Waals surface area (Å²) in [5.41, 5.74) is 17.5. The molecule has 3 heteroatoms. The third kappa shape index (κ3) is 6.12. The molecule has 0 atom stereocenters. The smallest absolute Gasteiger partial charge is 0.156 e. The normalized spacial score (nSPS) is 11.8. The molecule has 0 aliphatic heterocycles. The van der Waals surface area contributed by atoms with E-state index in [2.05, 4.69) is 235 Å². The van der Waals surface area contributed by atoms with Gasteiger partial charge < -0.3 is 0 Å². The highest BCUT2D eigenvalue weighted by molar-refractivity contribution is 7.26. The van der Waals surface area contributed by atoms with E-state index in [1.807, 2.05) is 11.3 Å². The van der Waals surface area contributed by atoms with Gasteiger partial charge in [-0.15, -0.1) is 11.3 Å². The van der Waals surface area contributed by atoms with Crippen LogP contribution in [0.25, 0.3) is 125 Å². The lowest BCUT2D eigenvalue weighted by atomic mass is 9.92. The number of imidazole rings is 1. The van der Waals surface area contributed by atoms with Crippen molar-refractivity contribution in [2.24, 2.45) is 0 Å². The second-order valence-corrected chi connectivity index (χ2v) is 17.8. The lowest BCUT2D eigenvalue weighted by molar-refractivity contribution is 1.25. The highest BCUT2D eigenvalue weighted by Crippen LogP contribution is 2.43. The minimum Gasteiger partial charge on any atom is -0.291 e. The van der Waals surface area contributed by atoms with E-state index >= 15 is 0 Å². The van der Waals surface area contributed by atoms with Crippen molar-refractivity contribution in [3.8, 4) is 66.9 Å². The van der Waals surface area contributed by atoms with Crippen LogP contribution in [0.1, 0.15) is 0 Å². The van der Waals surface area contributed by atoms with Gasteiger partial charge in [-0.1, -0.05) is 188 Å². The van der Waals surface area contributed by atoms with Crippen molar-refractivity contribution in [1.29, 1.82) is 0 Å². The molecule has 3 heterocycles. The van der Waals surface area contributed by atoms with Gasteiger partial charge in [0.05, 0.1) is 21.4 Å². The Bertz CT molecular complexity index is 3840. The minimum absolute atomic E-state index is 1.01. The Hall–Kier alpha value is -8.11. The molecule has 0 fully saturated rings. The van der Waals surface area contributed by atoms with Gasteiger partial charge in [0, 0.05) is 20.9 Å². The molecule has 13 aromatic rings. The minimum atomic E-state index is 1.01. The molecule has 0 saturated carbocycles. The molecule has 0 aliphatic rings. The van der Waals surface area contributed by atoms with Gasteiger partial charge in [0.2, 0.25) is 0 Å². The molecule has 0 spiro atoms. The predicted molar refractivity (Wildman–Crippen MR) is 273 cm³/mol. The van der Waals surface area contributed by atoms with Gasteiger partial charge in [-0.2, -0.15) is 0 Å². The number of aromatic nitrogens is 2. The van der Waals surface area contributed by atoms with Crippen LogP contribution in [0.3, 0.4) is 0 Å². The number of fused-ring (bicyclic) bond motifs is 10. The summed E-state index contributed by atoms with van der Waals surface area (Å²) in [7, 11) is 0. The summed E-state index contributed by atoms with van der Waals surface area (Å²) in [6, 6.07) is 84.1. The van der Waals surface area contributed by atoms with E-state index in [1.165, 1.54) is 97.4 Å².